The molecule has 0 atom stereocenters. The first-order chi connectivity index (χ1) is 12.7. The molecule has 0 aliphatic rings. The number of hydrogen-bond donors (Lipinski definition) is 2. The highest BCUT2D eigenvalue weighted by Crippen LogP contribution is 2.23. The number of carbonyl (C=O) groups is 1. The van der Waals surface area contributed by atoms with Crippen LogP contribution in [0.25, 0.3) is 22.4 Å². The lowest BCUT2D eigenvalue weighted by molar-refractivity contribution is 0.102. The van der Waals surface area contributed by atoms with Crippen LogP contribution in [-0.2, 0) is 0 Å². The number of H-pyrrole nitrogens is 1. The highest BCUT2D eigenvalue weighted by atomic mass is 16.5. The number of aromatic nitrogens is 3. The number of benzene rings is 2. The molecule has 4 rings (SSSR count). The van der Waals surface area contributed by atoms with Gasteiger partial charge in [-0.3, -0.25) is 4.79 Å². The second-order valence-corrected chi connectivity index (χ2v) is 5.73. The van der Waals surface area contributed by atoms with Crippen molar-refractivity contribution in [1.29, 1.82) is 0 Å². The Labute approximate surface area is 149 Å². The molecule has 0 fully saturated rings. The van der Waals surface area contributed by atoms with Crippen LogP contribution in [0.2, 0.25) is 0 Å². The van der Waals surface area contributed by atoms with Gasteiger partial charge >= 0.3 is 0 Å². The third-order valence-corrected chi connectivity index (χ3v) is 3.99. The smallest absolute Gasteiger partial charge is 0.257 e. The first-order valence-electron chi connectivity index (χ1n) is 8.09. The second-order valence-electron chi connectivity index (χ2n) is 5.73. The summed E-state index contributed by atoms with van der Waals surface area (Å²) in [5, 5.41) is 2.88. The largest absolute Gasteiger partial charge is 0.481 e. The SMILES string of the molecule is COc1ccc(C(=O)Nc2cccc(-c3nc4ccccc4[nH]3)c2)cn1. The van der Waals surface area contributed by atoms with E-state index in [1.165, 1.54) is 13.3 Å². The Hall–Kier alpha value is -3.67. The standard InChI is InChI=1S/C20H16N4O2/c1-26-18-10-9-14(12-21-18)20(25)22-15-6-4-5-13(11-15)19-23-16-7-2-3-8-17(16)24-19/h2-12H,1H3,(H,22,25)(H,23,24). The van der Waals surface area contributed by atoms with Gasteiger partial charge in [-0.05, 0) is 30.3 Å². The molecule has 0 unspecified atom stereocenters. The fourth-order valence-electron chi connectivity index (χ4n) is 2.67. The second kappa shape index (κ2) is 6.68. The lowest BCUT2D eigenvalue weighted by atomic mass is 10.2. The van der Waals surface area contributed by atoms with Crippen LogP contribution in [0.15, 0.2) is 66.9 Å². The number of para-hydroxylation sites is 2. The summed E-state index contributed by atoms with van der Waals surface area (Å²) in [7, 11) is 1.53. The van der Waals surface area contributed by atoms with Gasteiger partial charge in [-0.15, -0.1) is 0 Å². The zero-order valence-corrected chi connectivity index (χ0v) is 14.1. The average Bonchev–Trinajstić information content (AvgIpc) is 3.12. The average molecular weight is 344 g/mol. The number of carbonyl (C=O) groups excluding carboxylic acids is 1. The number of aromatic amines is 1. The summed E-state index contributed by atoms with van der Waals surface area (Å²) in [5.74, 6) is 0.990. The molecule has 4 aromatic rings. The summed E-state index contributed by atoms with van der Waals surface area (Å²) < 4.78 is 5.00. The number of fused-ring (bicyclic) bond motifs is 1. The van der Waals surface area contributed by atoms with Gasteiger partial charge in [0.15, 0.2) is 0 Å². The summed E-state index contributed by atoms with van der Waals surface area (Å²) in [6, 6.07) is 18.7. The lowest BCUT2D eigenvalue weighted by Gasteiger charge is -2.07. The van der Waals surface area contributed by atoms with E-state index in [0.717, 1.165) is 22.4 Å². The minimum atomic E-state index is -0.234. The molecule has 2 heterocycles. The molecule has 1 amide bonds. The van der Waals surface area contributed by atoms with Crippen LogP contribution in [0.3, 0.4) is 0 Å². The first kappa shape index (κ1) is 15.8. The monoisotopic (exact) mass is 344 g/mol. The number of methoxy groups -OCH3 is 1. The van der Waals surface area contributed by atoms with Gasteiger partial charge in [0.2, 0.25) is 5.88 Å². The first-order valence-corrected chi connectivity index (χ1v) is 8.09. The van der Waals surface area contributed by atoms with Gasteiger partial charge in [0.25, 0.3) is 5.91 Å². The summed E-state index contributed by atoms with van der Waals surface area (Å²) in [6.45, 7) is 0. The third kappa shape index (κ3) is 3.12. The Morgan fingerprint density at radius 3 is 2.73 bits per heavy atom. The van der Waals surface area contributed by atoms with Gasteiger partial charge in [-0.2, -0.15) is 0 Å². The number of imidazole rings is 1. The number of amides is 1. The Kier molecular flexibility index (Phi) is 4.07. The van der Waals surface area contributed by atoms with Gasteiger partial charge in [0.05, 0.1) is 23.7 Å². The molecule has 2 aromatic carbocycles. The summed E-state index contributed by atoms with van der Waals surface area (Å²) in [5.41, 5.74) is 3.91. The molecule has 0 saturated heterocycles. The van der Waals surface area contributed by atoms with Crippen molar-refractivity contribution in [3.63, 3.8) is 0 Å². The number of rotatable bonds is 4. The van der Waals surface area contributed by atoms with Crippen molar-refractivity contribution in [2.45, 2.75) is 0 Å². The van der Waals surface area contributed by atoms with Gasteiger partial charge in [-0.1, -0.05) is 24.3 Å². The van der Waals surface area contributed by atoms with Gasteiger partial charge in [-0.25, -0.2) is 9.97 Å². The quantitative estimate of drug-likeness (QED) is 0.589. The van der Waals surface area contributed by atoms with E-state index in [-0.39, 0.29) is 5.91 Å². The highest BCUT2D eigenvalue weighted by molar-refractivity contribution is 6.04. The Morgan fingerprint density at radius 2 is 1.96 bits per heavy atom. The summed E-state index contributed by atoms with van der Waals surface area (Å²) in [6.07, 6.45) is 1.48. The molecule has 0 aliphatic carbocycles. The van der Waals surface area contributed by atoms with Crippen molar-refractivity contribution in [1.82, 2.24) is 15.0 Å². The van der Waals surface area contributed by atoms with Crippen molar-refractivity contribution >= 4 is 22.6 Å². The maximum absolute atomic E-state index is 12.4. The lowest BCUT2D eigenvalue weighted by Crippen LogP contribution is -2.12. The minimum absolute atomic E-state index is 0.234. The van der Waals surface area contributed by atoms with Crippen LogP contribution in [-0.4, -0.2) is 28.0 Å². The van der Waals surface area contributed by atoms with Crippen molar-refractivity contribution in [3.8, 4) is 17.3 Å². The molecule has 0 aliphatic heterocycles. The third-order valence-electron chi connectivity index (χ3n) is 3.99. The fraction of sp³-hybridized carbons (Fsp3) is 0.0500. The predicted molar refractivity (Wildman–Crippen MR) is 100 cm³/mol. The molecule has 0 saturated carbocycles. The molecule has 26 heavy (non-hydrogen) atoms. The number of ether oxygens (including phenoxy) is 1. The molecule has 6 heteroatoms. The zero-order chi connectivity index (χ0) is 17.9. The zero-order valence-electron chi connectivity index (χ0n) is 14.1. The van der Waals surface area contributed by atoms with Crippen molar-refractivity contribution < 1.29 is 9.53 Å². The molecule has 2 aromatic heterocycles. The van der Waals surface area contributed by atoms with Gasteiger partial charge in [0.1, 0.15) is 5.82 Å². The Balaban J connectivity index is 1.57. The molecule has 0 radical (unpaired) electrons. The fourth-order valence-corrected chi connectivity index (χ4v) is 2.67. The van der Waals surface area contributed by atoms with Gasteiger partial charge in [0, 0.05) is 23.5 Å². The Bertz CT molecular complexity index is 1040. The molecule has 2 N–H and O–H groups in total. The molecule has 0 spiro atoms. The number of hydrogen-bond acceptors (Lipinski definition) is 4. The summed E-state index contributed by atoms with van der Waals surface area (Å²) in [4.78, 5) is 24.3. The van der Waals surface area contributed by atoms with E-state index in [2.05, 4.69) is 20.3 Å². The van der Waals surface area contributed by atoms with Crippen LogP contribution < -0.4 is 10.1 Å². The minimum Gasteiger partial charge on any atom is -0.481 e. The molecule has 6 nitrogen and oxygen atoms in total. The molecule has 0 bridgehead atoms. The highest BCUT2D eigenvalue weighted by Gasteiger charge is 2.09. The number of pyridine rings is 1. The van der Waals surface area contributed by atoms with Crippen LogP contribution in [0, 0.1) is 0 Å². The van der Waals surface area contributed by atoms with E-state index in [1.54, 1.807) is 12.1 Å². The van der Waals surface area contributed by atoms with Gasteiger partial charge < -0.3 is 15.0 Å². The van der Waals surface area contributed by atoms with E-state index in [0.29, 0.717) is 17.1 Å². The van der Waals surface area contributed by atoms with Crippen LogP contribution in [0.5, 0.6) is 5.88 Å². The molecule has 128 valence electrons. The number of nitrogens with one attached hydrogen (secondary N) is 2. The van der Waals surface area contributed by atoms with E-state index < -0.39 is 0 Å². The van der Waals surface area contributed by atoms with E-state index >= 15 is 0 Å². The maximum Gasteiger partial charge on any atom is 0.257 e. The van der Waals surface area contributed by atoms with Crippen LogP contribution in [0.1, 0.15) is 10.4 Å². The van der Waals surface area contributed by atoms with E-state index in [1.807, 2.05) is 48.5 Å². The van der Waals surface area contributed by atoms with Crippen LogP contribution in [0.4, 0.5) is 5.69 Å². The van der Waals surface area contributed by atoms with E-state index in [4.69, 9.17) is 4.74 Å². The summed E-state index contributed by atoms with van der Waals surface area (Å²) >= 11 is 0. The van der Waals surface area contributed by atoms with Crippen molar-refractivity contribution in [3.05, 3.63) is 72.4 Å². The van der Waals surface area contributed by atoms with Crippen molar-refractivity contribution in [2.24, 2.45) is 0 Å². The Morgan fingerprint density at radius 1 is 1.08 bits per heavy atom. The maximum atomic E-state index is 12.4. The number of anilines is 1. The topological polar surface area (TPSA) is 79.9 Å². The molecular weight excluding hydrogens is 328 g/mol. The van der Waals surface area contributed by atoms with E-state index in [9.17, 15) is 4.79 Å². The normalized spacial score (nSPS) is 10.7. The predicted octanol–water partition coefficient (Wildman–Crippen LogP) is 3.89. The number of nitrogens with zero attached hydrogens (tertiary/aromatic N) is 2. The van der Waals surface area contributed by atoms with Crippen LogP contribution >= 0.6 is 0 Å². The molecular formula is C20H16N4O2. The van der Waals surface area contributed by atoms with Crippen molar-refractivity contribution in [2.75, 3.05) is 12.4 Å².